The number of halogens is 2. The van der Waals surface area contributed by atoms with E-state index in [2.05, 4.69) is 21.8 Å². The molecule has 0 radical (unpaired) electrons. The fraction of sp³-hybridized carbons (Fsp3) is 0.290. The monoisotopic (exact) mass is 592 g/mol. The van der Waals surface area contributed by atoms with Gasteiger partial charge in [0, 0.05) is 47.1 Å². The molecular weight excluding hydrogens is 563 g/mol. The molecule has 1 fully saturated rings. The molecule has 2 unspecified atom stereocenters. The molecule has 1 amide bonds. The average molecular weight is 594 g/mol. The molecule has 0 bridgehead atoms. The van der Waals surface area contributed by atoms with Crippen molar-refractivity contribution in [2.75, 3.05) is 4.90 Å². The summed E-state index contributed by atoms with van der Waals surface area (Å²) in [6, 6.07) is 21.0. The number of imidazole rings is 1. The van der Waals surface area contributed by atoms with Crippen LogP contribution in [0.25, 0.3) is 0 Å². The van der Waals surface area contributed by atoms with Gasteiger partial charge < -0.3 is 9.47 Å². The summed E-state index contributed by atoms with van der Waals surface area (Å²) in [6.45, 7) is 0.361. The van der Waals surface area contributed by atoms with Gasteiger partial charge in [0.05, 0.1) is 11.4 Å². The van der Waals surface area contributed by atoms with Crippen molar-refractivity contribution in [1.29, 1.82) is 0 Å². The summed E-state index contributed by atoms with van der Waals surface area (Å²) in [5.74, 6) is 0.839. The lowest BCUT2D eigenvalue weighted by Gasteiger charge is -2.29. The predicted octanol–water partition coefficient (Wildman–Crippen LogP) is 6.75. The number of amides is 1. The first-order chi connectivity index (χ1) is 19.4. The number of nitrogens with zero attached hydrogens (tertiary/aromatic N) is 3. The number of nitrogens with one attached hydrogen (secondary N) is 1. The molecule has 6 rings (SSSR count). The Morgan fingerprint density at radius 2 is 1.95 bits per heavy atom. The Hall–Kier alpha value is -2.97. The highest BCUT2D eigenvalue weighted by atomic mass is 35.5. The van der Waals surface area contributed by atoms with Crippen molar-refractivity contribution in [2.24, 2.45) is 13.0 Å². The van der Waals surface area contributed by atoms with E-state index in [9.17, 15) is 9.00 Å². The van der Waals surface area contributed by atoms with Crippen LogP contribution >= 0.6 is 23.2 Å². The van der Waals surface area contributed by atoms with Crippen molar-refractivity contribution in [3.05, 3.63) is 112 Å². The number of fused-ring (bicyclic) bond motifs is 1. The topological polar surface area (TPSA) is 67.2 Å². The zero-order chi connectivity index (χ0) is 27.8. The van der Waals surface area contributed by atoms with Crippen LogP contribution in [0.4, 0.5) is 5.69 Å². The number of aryl methyl sites for hydroxylation is 2. The number of anilines is 1. The lowest BCUT2D eigenvalue weighted by Crippen LogP contribution is -2.34. The molecule has 40 heavy (non-hydrogen) atoms. The third-order valence-corrected chi connectivity index (χ3v) is 9.67. The zero-order valence-electron chi connectivity index (χ0n) is 22.1. The highest BCUT2D eigenvalue weighted by molar-refractivity contribution is 7.83. The molecule has 1 heterocycles. The fourth-order valence-corrected chi connectivity index (χ4v) is 7.24. The van der Waals surface area contributed by atoms with Gasteiger partial charge in [-0.05, 0) is 84.7 Å². The maximum atomic E-state index is 14.1. The largest absolute Gasteiger partial charge is 0.337 e. The quantitative estimate of drug-likeness (QED) is 0.246. The molecule has 4 aromatic rings. The molecule has 1 aromatic heterocycles. The zero-order valence-corrected chi connectivity index (χ0v) is 24.4. The van der Waals surface area contributed by atoms with Gasteiger partial charge >= 0.3 is 0 Å². The van der Waals surface area contributed by atoms with Gasteiger partial charge in [-0.15, -0.1) is 0 Å². The standard InChI is InChI=1S/C31H30Cl2N4O2S/c1-36-15-14-34-30(36)19-37(31(38)27-18-26(27)24-9-2-3-10-28(24)33)22-13-12-20-6-4-11-29(25(20)17-22)35-40(39)23-8-5-7-21(32)16-23/h2-3,5,7-10,12-17,26-27,29,35H,4,6,11,18-19H2,1H3/t26-,27+,29?,40?/m1/s1. The Labute approximate surface area is 246 Å². The molecular formula is C31H30Cl2N4O2S. The number of rotatable bonds is 8. The van der Waals surface area contributed by atoms with Crippen molar-refractivity contribution in [2.45, 2.75) is 49.1 Å². The van der Waals surface area contributed by atoms with Crippen LogP contribution in [0.3, 0.4) is 0 Å². The number of benzene rings is 3. The second-order valence-corrected chi connectivity index (χ2v) is 12.6. The maximum absolute atomic E-state index is 14.1. The fourth-order valence-electron chi connectivity index (χ4n) is 5.63. The van der Waals surface area contributed by atoms with Gasteiger partial charge in [-0.3, -0.25) is 4.79 Å². The Morgan fingerprint density at radius 1 is 1.10 bits per heavy atom. The number of carbonyl (C=O) groups excluding carboxylic acids is 1. The number of hydrogen-bond acceptors (Lipinski definition) is 3. The molecule has 1 saturated carbocycles. The van der Waals surface area contributed by atoms with Crippen molar-refractivity contribution < 1.29 is 9.00 Å². The molecule has 2 aliphatic carbocycles. The van der Waals surface area contributed by atoms with E-state index in [1.54, 1.807) is 24.4 Å². The van der Waals surface area contributed by atoms with E-state index < -0.39 is 11.0 Å². The molecule has 3 aromatic carbocycles. The van der Waals surface area contributed by atoms with Gasteiger partial charge in [-0.1, -0.05) is 53.5 Å². The summed E-state index contributed by atoms with van der Waals surface area (Å²) < 4.78 is 18.5. The van der Waals surface area contributed by atoms with E-state index in [4.69, 9.17) is 23.2 Å². The number of carbonyl (C=O) groups is 1. The SMILES string of the molecule is Cn1ccnc1CN(C(=O)[C@H]1C[C@@H]1c1ccccc1Cl)c1ccc2c(c1)C(NS(=O)c1cccc(Cl)c1)CCC2. The van der Waals surface area contributed by atoms with E-state index in [0.29, 0.717) is 21.5 Å². The molecule has 0 aliphatic heterocycles. The minimum Gasteiger partial charge on any atom is -0.337 e. The summed E-state index contributed by atoms with van der Waals surface area (Å²) >= 11 is 12.6. The summed E-state index contributed by atoms with van der Waals surface area (Å²) in [7, 11) is 0.517. The molecule has 2 aliphatic rings. The Balaban J connectivity index is 1.30. The van der Waals surface area contributed by atoms with Crippen LogP contribution < -0.4 is 9.62 Å². The van der Waals surface area contributed by atoms with Crippen LogP contribution in [-0.4, -0.2) is 19.7 Å². The third kappa shape index (κ3) is 5.61. The van der Waals surface area contributed by atoms with E-state index in [-0.39, 0.29) is 23.8 Å². The molecule has 0 saturated heterocycles. The first kappa shape index (κ1) is 27.2. The van der Waals surface area contributed by atoms with Crippen LogP contribution in [0.15, 0.2) is 84.0 Å². The summed E-state index contributed by atoms with van der Waals surface area (Å²) in [5.41, 5.74) is 4.13. The summed E-state index contributed by atoms with van der Waals surface area (Å²) in [6.07, 6.45) is 7.20. The van der Waals surface area contributed by atoms with Gasteiger partial charge in [0.1, 0.15) is 16.8 Å². The van der Waals surface area contributed by atoms with Crippen molar-refractivity contribution in [3.63, 3.8) is 0 Å². The van der Waals surface area contributed by atoms with Gasteiger partial charge in [0.15, 0.2) is 0 Å². The van der Waals surface area contributed by atoms with E-state index >= 15 is 0 Å². The minimum absolute atomic E-state index is 0.0655. The van der Waals surface area contributed by atoms with E-state index in [1.165, 1.54) is 5.56 Å². The molecule has 1 N–H and O–H groups in total. The smallest absolute Gasteiger partial charge is 0.231 e. The highest BCUT2D eigenvalue weighted by Crippen LogP contribution is 2.51. The molecule has 6 nitrogen and oxygen atoms in total. The van der Waals surface area contributed by atoms with Crippen LogP contribution in [-0.2, 0) is 35.8 Å². The Bertz CT molecular complexity index is 1590. The average Bonchev–Trinajstić information content (AvgIpc) is 3.65. The second kappa shape index (κ2) is 11.5. The van der Waals surface area contributed by atoms with Crippen LogP contribution in [0.2, 0.25) is 10.0 Å². The van der Waals surface area contributed by atoms with Crippen molar-refractivity contribution in [1.82, 2.24) is 14.3 Å². The van der Waals surface area contributed by atoms with Crippen LogP contribution in [0.5, 0.6) is 0 Å². The normalized spacial score (nSPS) is 20.5. The molecule has 206 valence electrons. The minimum atomic E-state index is -1.42. The van der Waals surface area contributed by atoms with Gasteiger partial charge in [-0.2, -0.15) is 0 Å². The predicted molar refractivity (Wildman–Crippen MR) is 160 cm³/mol. The van der Waals surface area contributed by atoms with Crippen molar-refractivity contribution in [3.8, 4) is 0 Å². The maximum Gasteiger partial charge on any atom is 0.231 e. The molecule has 4 atom stereocenters. The molecule has 0 spiro atoms. The lowest BCUT2D eigenvalue weighted by molar-refractivity contribution is -0.120. The van der Waals surface area contributed by atoms with E-state index in [0.717, 1.165) is 48.3 Å². The number of hydrogen-bond donors (Lipinski definition) is 1. The third-order valence-electron chi connectivity index (χ3n) is 7.91. The van der Waals surface area contributed by atoms with Gasteiger partial charge in [0.2, 0.25) is 5.91 Å². The van der Waals surface area contributed by atoms with E-state index in [1.807, 2.05) is 59.1 Å². The molecule has 9 heteroatoms. The van der Waals surface area contributed by atoms with Gasteiger partial charge in [-0.25, -0.2) is 13.9 Å². The first-order valence-electron chi connectivity index (χ1n) is 13.5. The first-order valence-corrected chi connectivity index (χ1v) is 15.4. The van der Waals surface area contributed by atoms with Crippen LogP contribution in [0, 0.1) is 5.92 Å². The summed E-state index contributed by atoms with van der Waals surface area (Å²) in [5, 5.41) is 1.26. The Morgan fingerprint density at radius 3 is 2.73 bits per heavy atom. The van der Waals surface area contributed by atoms with Crippen molar-refractivity contribution >= 4 is 45.8 Å². The van der Waals surface area contributed by atoms with Crippen LogP contribution in [0.1, 0.15) is 53.7 Å². The lowest BCUT2D eigenvalue weighted by atomic mass is 9.87. The second-order valence-electron chi connectivity index (χ2n) is 10.5. The highest BCUT2D eigenvalue weighted by Gasteiger charge is 2.47. The summed E-state index contributed by atoms with van der Waals surface area (Å²) in [4.78, 5) is 21.0. The number of aromatic nitrogens is 2. The Kier molecular flexibility index (Phi) is 7.82. The van der Waals surface area contributed by atoms with Gasteiger partial charge in [0.25, 0.3) is 0 Å².